The lowest BCUT2D eigenvalue weighted by atomic mass is 9.98. The summed E-state index contributed by atoms with van der Waals surface area (Å²) in [5, 5.41) is 6.46. The van der Waals surface area contributed by atoms with E-state index in [1.54, 1.807) is 0 Å². The van der Waals surface area contributed by atoms with Crippen LogP contribution in [0.1, 0.15) is 40.5 Å². The maximum Gasteiger partial charge on any atom is 0.237 e. The molecule has 0 aromatic carbocycles. The number of hydrogen-bond donors (Lipinski definition) is 2. The second-order valence-electron chi connectivity index (χ2n) is 6.57. The van der Waals surface area contributed by atoms with Gasteiger partial charge in [0.25, 0.3) is 0 Å². The maximum atomic E-state index is 12.1. The minimum absolute atomic E-state index is 0. The molecule has 4 nitrogen and oxygen atoms in total. The summed E-state index contributed by atoms with van der Waals surface area (Å²) in [4.78, 5) is 14.2. The van der Waals surface area contributed by atoms with Gasteiger partial charge < -0.3 is 10.6 Å². The van der Waals surface area contributed by atoms with Gasteiger partial charge in [0.2, 0.25) is 5.91 Å². The van der Waals surface area contributed by atoms with Gasteiger partial charge >= 0.3 is 0 Å². The summed E-state index contributed by atoms with van der Waals surface area (Å²) in [7, 11) is 2.04. The van der Waals surface area contributed by atoms with Crippen molar-refractivity contribution in [3.05, 3.63) is 0 Å². The van der Waals surface area contributed by atoms with E-state index in [-0.39, 0.29) is 29.9 Å². The number of likely N-dealkylation sites (N-methyl/N-ethyl adjacent to an activating group) is 1. The number of amides is 1. The zero-order valence-corrected chi connectivity index (χ0v) is 13.8. The zero-order valence-electron chi connectivity index (χ0n) is 13.0. The molecule has 0 bridgehead atoms. The molecule has 114 valence electrons. The van der Waals surface area contributed by atoms with E-state index in [4.69, 9.17) is 0 Å². The second kappa shape index (κ2) is 8.08. The first-order valence-electron chi connectivity index (χ1n) is 7.02. The van der Waals surface area contributed by atoms with Crippen LogP contribution >= 0.6 is 12.4 Å². The van der Waals surface area contributed by atoms with Crippen LogP contribution in [-0.4, -0.2) is 49.1 Å². The van der Waals surface area contributed by atoms with Gasteiger partial charge in [0.1, 0.15) is 0 Å². The third-order valence-electron chi connectivity index (χ3n) is 3.48. The summed E-state index contributed by atoms with van der Waals surface area (Å²) in [6, 6.07) is -0.0637. The standard InChI is InChI=1S/C14H29N3O.ClH/c1-11(13(18)16-14(2,3)4)17(5)10-12-7-6-8-15-9-12;/h11-12,15H,6-10H2,1-5H3,(H,16,18);1H. The molecule has 2 unspecified atom stereocenters. The Morgan fingerprint density at radius 2 is 2.11 bits per heavy atom. The molecule has 19 heavy (non-hydrogen) atoms. The largest absolute Gasteiger partial charge is 0.350 e. The van der Waals surface area contributed by atoms with Crippen LogP contribution in [0, 0.1) is 5.92 Å². The topological polar surface area (TPSA) is 44.4 Å². The molecule has 0 saturated carbocycles. The van der Waals surface area contributed by atoms with Gasteiger partial charge in [0, 0.05) is 12.1 Å². The number of carbonyl (C=O) groups is 1. The van der Waals surface area contributed by atoms with Crippen LogP contribution in [-0.2, 0) is 4.79 Å². The van der Waals surface area contributed by atoms with Crippen molar-refractivity contribution in [2.75, 3.05) is 26.7 Å². The number of nitrogens with zero attached hydrogens (tertiary/aromatic N) is 1. The quantitative estimate of drug-likeness (QED) is 0.828. The van der Waals surface area contributed by atoms with Crippen molar-refractivity contribution in [3.63, 3.8) is 0 Å². The third-order valence-corrected chi connectivity index (χ3v) is 3.48. The van der Waals surface area contributed by atoms with Crippen LogP contribution in [0.4, 0.5) is 0 Å². The molecule has 0 aromatic heterocycles. The van der Waals surface area contributed by atoms with E-state index in [1.807, 2.05) is 34.7 Å². The summed E-state index contributed by atoms with van der Waals surface area (Å²) in [5.41, 5.74) is -0.154. The molecule has 1 saturated heterocycles. The van der Waals surface area contributed by atoms with Gasteiger partial charge in [-0.3, -0.25) is 9.69 Å². The van der Waals surface area contributed by atoms with E-state index in [1.165, 1.54) is 12.8 Å². The van der Waals surface area contributed by atoms with Crippen LogP contribution < -0.4 is 10.6 Å². The van der Waals surface area contributed by atoms with Crippen LogP contribution in [0.5, 0.6) is 0 Å². The molecule has 0 radical (unpaired) electrons. The lowest BCUT2D eigenvalue weighted by molar-refractivity contribution is -0.127. The first-order valence-corrected chi connectivity index (χ1v) is 7.02. The molecule has 2 atom stereocenters. The average Bonchev–Trinajstić information content (AvgIpc) is 2.27. The molecule has 1 aliphatic heterocycles. The number of carbonyl (C=O) groups excluding carboxylic acids is 1. The highest BCUT2D eigenvalue weighted by atomic mass is 35.5. The predicted molar refractivity (Wildman–Crippen MR) is 82.8 cm³/mol. The Kier molecular flexibility index (Phi) is 7.94. The van der Waals surface area contributed by atoms with Crippen LogP contribution in [0.25, 0.3) is 0 Å². The van der Waals surface area contributed by atoms with Gasteiger partial charge in [0.15, 0.2) is 0 Å². The minimum Gasteiger partial charge on any atom is -0.350 e. The number of halogens is 1. The number of nitrogens with one attached hydrogen (secondary N) is 2. The van der Waals surface area contributed by atoms with Gasteiger partial charge in [-0.1, -0.05) is 0 Å². The molecule has 1 heterocycles. The van der Waals surface area contributed by atoms with Crippen molar-refractivity contribution in [3.8, 4) is 0 Å². The molecule has 0 aliphatic carbocycles. The van der Waals surface area contributed by atoms with Gasteiger partial charge in [-0.25, -0.2) is 0 Å². The van der Waals surface area contributed by atoms with Gasteiger partial charge in [-0.15, -0.1) is 12.4 Å². The molecular formula is C14H30ClN3O. The van der Waals surface area contributed by atoms with Gasteiger partial charge in [-0.05, 0) is 66.6 Å². The van der Waals surface area contributed by atoms with Crippen LogP contribution in [0.3, 0.4) is 0 Å². The lowest BCUT2D eigenvalue weighted by Crippen LogP contribution is -2.51. The molecule has 0 aromatic rings. The Morgan fingerprint density at radius 3 is 2.58 bits per heavy atom. The van der Waals surface area contributed by atoms with Gasteiger partial charge in [-0.2, -0.15) is 0 Å². The number of piperidine rings is 1. The first-order chi connectivity index (χ1) is 8.29. The van der Waals surface area contributed by atoms with E-state index in [9.17, 15) is 4.79 Å². The predicted octanol–water partition coefficient (Wildman–Crippen LogP) is 1.64. The molecule has 1 aliphatic rings. The zero-order chi connectivity index (χ0) is 13.8. The minimum atomic E-state index is -0.154. The second-order valence-corrected chi connectivity index (χ2v) is 6.57. The molecule has 1 fully saturated rings. The Balaban J connectivity index is 0.00000324. The molecule has 5 heteroatoms. The molecule has 1 amide bonds. The summed E-state index contributed by atoms with van der Waals surface area (Å²) < 4.78 is 0. The molecule has 2 N–H and O–H groups in total. The summed E-state index contributed by atoms with van der Waals surface area (Å²) in [5.74, 6) is 0.794. The van der Waals surface area contributed by atoms with Crippen molar-refractivity contribution in [1.29, 1.82) is 0 Å². The molecule has 0 spiro atoms. The van der Waals surface area contributed by atoms with Crippen molar-refractivity contribution >= 4 is 18.3 Å². The van der Waals surface area contributed by atoms with Crippen LogP contribution in [0.2, 0.25) is 0 Å². The number of rotatable bonds is 4. The highest BCUT2D eigenvalue weighted by molar-refractivity contribution is 5.85. The third kappa shape index (κ3) is 7.14. The van der Waals surface area contributed by atoms with E-state index in [0.717, 1.165) is 19.6 Å². The highest BCUT2D eigenvalue weighted by Crippen LogP contribution is 2.12. The highest BCUT2D eigenvalue weighted by Gasteiger charge is 2.24. The van der Waals surface area contributed by atoms with Crippen molar-refractivity contribution < 1.29 is 4.79 Å². The van der Waals surface area contributed by atoms with E-state index >= 15 is 0 Å². The average molecular weight is 292 g/mol. The number of hydrogen-bond acceptors (Lipinski definition) is 3. The maximum absolute atomic E-state index is 12.1. The van der Waals surface area contributed by atoms with Crippen molar-refractivity contribution in [1.82, 2.24) is 15.5 Å². The van der Waals surface area contributed by atoms with E-state index in [0.29, 0.717) is 5.92 Å². The fourth-order valence-corrected chi connectivity index (χ4v) is 2.32. The van der Waals surface area contributed by atoms with Crippen molar-refractivity contribution in [2.45, 2.75) is 52.1 Å². The lowest BCUT2D eigenvalue weighted by Gasteiger charge is -2.32. The monoisotopic (exact) mass is 291 g/mol. The summed E-state index contributed by atoms with van der Waals surface area (Å²) in [6.07, 6.45) is 2.52. The Bertz CT molecular complexity index is 272. The fraction of sp³-hybridized carbons (Fsp3) is 0.929. The molecular weight excluding hydrogens is 262 g/mol. The Morgan fingerprint density at radius 1 is 1.47 bits per heavy atom. The summed E-state index contributed by atoms with van der Waals surface area (Å²) in [6.45, 7) is 11.2. The normalized spacial score (nSPS) is 21.7. The van der Waals surface area contributed by atoms with E-state index in [2.05, 4.69) is 15.5 Å². The first kappa shape index (κ1) is 18.7. The SMILES string of the molecule is CC(C(=O)NC(C)(C)C)N(C)CC1CCCNC1.Cl. The van der Waals surface area contributed by atoms with Crippen LogP contribution in [0.15, 0.2) is 0 Å². The van der Waals surface area contributed by atoms with Gasteiger partial charge in [0.05, 0.1) is 6.04 Å². The summed E-state index contributed by atoms with van der Waals surface area (Å²) >= 11 is 0. The van der Waals surface area contributed by atoms with Crippen molar-refractivity contribution in [2.24, 2.45) is 5.92 Å². The fourth-order valence-electron chi connectivity index (χ4n) is 2.32. The Labute approximate surface area is 124 Å². The molecule has 1 rings (SSSR count). The Hall–Kier alpha value is -0.320. The van der Waals surface area contributed by atoms with E-state index < -0.39 is 0 Å². The smallest absolute Gasteiger partial charge is 0.237 e.